The number of ether oxygens (including phenoxy) is 2. The van der Waals surface area contributed by atoms with Crippen LogP contribution in [0.15, 0.2) is 36.4 Å². The average molecular weight is 344 g/mol. The Labute approximate surface area is 146 Å². The van der Waals surface area contributed by atoms with Crippen molar-refractivity contribution in [1.82, 2.24) is 0 Å². The molecule has 0 unspecified atom stereocenters. The lowest BCUT2D eigenvalue weighted by atomic mass is 10.0. The fourth-order valence-electron chi connectivity index (χ4n) is 2.75. The minimum absolute atomic E-state index is 0.109. The zero-order valence-corrected chi connectivity index (χ0v) is 14.3. The van der Waals surface area contributed by atoms with Gasteiger partial charge in [-0.3, -0.25) is 4.79 Å². The molecule has 1 N–H and O–H groups in total. The summed E-state index contributed by atoms with van der Waals surface area (Å²) in [6.45, 7) is 0. The van der Waals surface area contributed by atoms with Gasteiger partial charge in [0, 0.05) is 22.7 Å². The van der Waals surface area contributed by atoms with Gasteiger partial charge in [-0.2, -0.15) is 0 Å². The first-order chi connectivity index (χ1) is 11.7. The molecule has 0 aliphatic carbocycles. The van der Waals surface area contributed by atoms with Crippen molar-refractivity contribution in [1.29, 1.82) is 0 Å². The molecule has 0 fully saturated rings. The van der Waals surface area contributed by atoms with E-state index in [1.807, 2.05) is 42.5 Å². The second-order valence-electron chi connectivity index (χ2n) is 5.45. The average Bonchev–Trinajstić information content (AvgIpc) is 2.90. The highest BCUT2D eigenvalue weighted by molar-refractivity contribution is 6.35. The third kappa shape index (κ3) is 3.10. The third-order valence-corrected chi connectivity index (χ3v) is 4.16. The minimum Gasteiger partial charge on any atom is -0.493 e. The van der Waals surface area contributed by atoms with Crippen molar-refractivity contribution < 1.29 is 14.3 Å². The largest absolute Gasteiger partial charge is 0.493 e. The van der Waals surface area contributed by atoms with Crippen LogP contribution in [0.4, 0.5) is 5.69 Å². The van der Waals surface area contributed by atoms with Gasteiger partial charge in [-0.15, -0.1) is 11.6 Å². The molecule has 1 aliphatic heterocycles. The van der Waals surface area contributed by atoms with E-state index < -0.39 is 0 Å². The van der Waals surface area contributed by atoms with Gasteiger partial charge in [-0.25, -0.2) is 0 Å². The number of carbonyl (C=O) groups excluding carboxylic acids is 1. The van der Waals surface area contributed by atoms with Gasteiger partial charge in [0.05, 0.1) is 14.2 Å². The van der Waals surface area contributed by atoms with Crippen LogP contribution in [0.5, 0.6) is 11.5 Å². The predicted molar refractivity (Wildman–Crippen MR) is 96.9 cm³/mol. The Morgan fingerprint density at radius 2 is 1.88 bits per heavy atom. The van der Waals surface area contributed by atoms with Gasteiger partial charge in [-0.05, 0) is 47.9 Å². The number of rotatable bonds is 5. The number of fused-ring (bicyclic) bond motifs is 1. The molecule has 0 spiro atoms. The molecule has 2 aromatic rings. The van der Waals surface area contributed by atoms with Crippen LogP contribution in [0.3, 0.4) is 0 Å². The second-order valence-corrected chi connectivity index (χ2v) is 5.82. The van der Waals surface area contributed by atoms with Gasteiger partial charge in [0.15, 0.2) is 11.5 Å². The number of aryl methyl sites for hydroxylation is 1. The molecule has 5 heteroatoms. The molecule has 1 heterocycles. The Balaban J connectivity index is 2.02. The smallest absolute Gasteiger partial charge is 0.256 e. The number of hydrogen-bond donors (Lipinski definition) is 1. The quantitative estimate of drug-likeness (QED) is 0.660. The highest BCUT2D eigenvalue weighted by Gasteiger charge is 2.24. The van der Waals surface area contributed by atoms with Crippen molar-refractivity contribution in [2.45, 2.75) is 6.42 Å². The molecule has 1 amide bonds. The van der Waals surface area contributed by atoms with Crippen molar-refractivity contribution in [3.05, 3.63) is 53.1 Å². The molecular weight excluding hydrogens is 326 g/mol. The number of hydrogen-bond acceptors (Lipinski definition) is 3. The lowest BCUT2D eigenvalue weighted by molar-refractivity contribution is -0.110. The summed E-state index contributed by atoms with van der Waals surface area (Å²) < 4.78 is 10.6. The van der Waals surface area contributed by atoms with Crippen molar-refractivity contribution >= 4 is 34.8 Å². The van der Waals surface area contributed by atoms with Crippen molar-refractivity contribution in [3.63, 3.8) is 0 Å². The molecule has 0 saturated heterocycles. The zero-order chi connectivity index (χ0) is 17.1. The van der Waals surface area contributed by atoms with E-state index in [1.165, 1.54) is 0 Å². The van der Waals surface area contributed by atoms with E-state index in [9.17, 15) is 4.79 Å². The highest BCUT2D eigenvalue weighted by atomic mass is 35.5. The van der Waals surface area contributed by atoms with Gasteiger partial charge in [0.2, 0.25) is 0 Å². The Bertz CT molecular complexity index is 814. The maximum atomic E-state index is 12.3. The van der Waals surface area contributed by atoms with E-state index in [1.54, 1.807) is 14.2 Å². The summed E-state index contributed by atoms with van der Waals surface area (Å²) in [6.07, 6.45) is 2.63. The summed E-state index contributed by atoms with van der Waals surface area (Å²) in [4.78, 5) is 12.3. The van der Waals surface area contributed by atoms with Crippen LogP contribution in [0.1, 0.15) is 16.7 Å². The highest BCUT2D eigenvalue weighted by Crippen LogP contribution is 2.35. The topological polar surface area (TPSA) is 47.6 Å². The molecule has 0 bridgehead atoms. The predicted octanol–water partition coefficient (Wildman–Crippen LogP) is 3.98. The fourth-order valence-corrected chi connectivity index (χ4v) is 2.97. The van der Waals surface area contributed by atoms with Gasteiger partial charge >= 0.3 is 0 Å². The zero-order valence-electron chi connectivity index (χ0n) is 13.6. The van der Waals surface area contributed by atoms with Gasteiger partial charge in [0.25, 0.3) is 5.91 Å². The molecule has 124 valence electrons. The molecule has 0 radical (unpaired) electrons. The summed E-state index contributed by atoms with van der Waals surface area (Å²) >= 11 is 5.82. The Kier molecular flexibility index (Phi) is 4.76. The monoisotopic (exact) mass is 343 g/mol. The van der Waals surface area contributed by atoms with Crippen LogP contribution in [0.25, 0.3) is 11.6 Å². The Morgan fingerprint density at radius 1 is 1.08 bits per heavy atom. The second kappa shape index (κ2) is 6.97. The number of benzene rings is 2. The summed E-state index contributed by atoms with van der Waals surface area (Å²) in [7, 11) is 3.18. The number of anilines is 1. The molecule has 0 aromatic heterocycles. The van der Waals surface area contributed by atoms with E-state index in [2.05, 4.69) is 5.32 Å². The third-order valence-electron chi connectivity index (χ3n) is 3.97. The minimum atomic E-state index is -0.109. The van der Waals surface area contributed by atoms with Crippen molar-refractivity contribution in [2.24, 2.45) is 0 Å². The van der Waals surface area contributed by atoms with Crippen molar-refractivity contribution in [2.75, 3.05) is 25.4 Å². The van der Waals surface area contributed by atoms with Crippen LogP contribution in [0.2, 0.25) is 0 Å². The summed E-state index contributed by atoms with van der Waals surface area (Å²) in [5, 5.41) is 2.89. The summed E-state index contributed by atoms with van der Waals surface area (Å²) in [5.41, 5.74) is 4.34. The van der Waals surface area contributed by atoms with E-state index in [-0.39, 0.29) is 5.91 Å². The van der Waals surface area contributed by atoms with E-state index in [0.29, 0.717) is 23.0 Å². The fraction of sp³-hybridized carbons (Fsp3) is 0.211. The van der Waals surface area contributed by atoms with E-state index in [4.69, 9.17) is 21.1 Å². The Morgan fingerprint density at radius 3 is 2.58 bits per heavy atom. The first-order valence-corrected chi connectivity index (χ1v) is 8.14. The van der Waals surface area contributed by atoms with Crippen LogP contribution in [0, 0.1) is 0 Å². The molecule has 1 aliphatic rings. The van der Waals surface area contributed by atoms with Gasteiger partial charge in [-0.1, -0.05) is 12.1 Å². The maximum absolute atomic E-state index is 12.3. The van der Waals surface area contributed by atoms with Crippen molar-refractivity contribution in [3.8, 4) is 11.5 Å². The normalized spacial score (nSPS) is 14.5. The molecule has 3 rings (SSSR count). The van der Waals surface area contributed by atoms with Crippen LogP contribution in [-0.4, -0.2) is 26.0 Å². The van der Waals surface area contributed by atoms with Crippen LogP contribution in [-0.2, 0) is 11.2 Å². The maximum Gasteiger partial charge on any atom is 0.256 e. The number of nitrogens with one attached hydrogen (secondary N) is 1. The van der Waals surface area contributed by atoms with Gasteiger partial charge < -0.3 is 14.8 Å². The molecule has 0 saturated carbocycles. The summed E-state index contributed by atoms with van der Waals surface area (Å²) in [5.74, 6) is 1.72. The molecular formula is C19H18ClNO3. The lowest BCUT2D eigenvalue weighted by Crippen LogP contribution is -2.03. The number of halogens is 1. The van der Waals surface area contributed by atoms with E-state index in [0.717, 1.165) is 28.8 Å². The molecule has 4 nitrogen and oxygen atoms in total. The molecule has 24 heavy (non-hydrogen) atoms. The standard InChI is InChI=1S/C19H18ClNO3/c1-23-17-6-4-13(11-18(17)24-2)10-15-14-9-12(7-8-20)3-5-16(14)21-19(15)22/h3-6,9-11H,7-8H2,1-2H3,(H,21,22). The lowest BCUT2D eigenvalue weighted by Gasteiger charge is -2.08. The first-order valence-electron chi connectivity index (χ1n) is 7.60. The Hall–Kier alpha value is -2.46. The molecule has 2 aromatic carbocycles. The summed E-state index contributed by atoms with van der Waals surface area (Å²) in [6, 6.07) is 11.5. The van der Waals surface area contributed by atoms with Gasteiger partial charge in [0.1, 0.15) is 0 Å². The van der Waals surface area contributed by atoms with Crippen LogP contribution >= 0.6 is 11.6 Å². The number of alkyl halides is 1. The SMILES string of the molecule is COc1ccc(C=C2C(=O)Nc3ccc(CCCl)cc32)cc1OC. The number of carbonyl (C=O) groups is 1. The van der Waals surface area contributed by atoms with E-state index >= 15 is 0 Å². The van der Waals surface area contributed by atoms with Crippen LogP contribution < -0.4 is 14.8 Å². The number of methoxy groups -OCH3 is 2. The molecule has 0 atom stereocenters. The number of amides is 1. The first kappa shape index (κ1) is 16.4.